The van der Waals surface area contributed by atoms with E-state index in [1.54, 1.807) is 22.8 Å². The zero-order valence-electron chi connectivity index (χ0n) is 11.0. The lowest BCUT2D eigenvalue weighted by molar-refractivity contribution is 0.0600. The van der Waals surface area contributed by atoms with E-state index in [2.05, 4.69) is 10.1 Å². The molecule has 5 heteroatoms. The summed E-state index contributed by atoms with van der Waals surface area (Å²) in [5.41, 5.74) is 2.26. The summed E-state index contributed by atoms with van der Waals surface area (Å²) >= 11 is 0. The monoisotopic (exact) mass is 267 g/mol. The van der Waals surface area contributed by atoms with Crippen LogP contribution >= 0.6 is 0 Å². The number of carbonyl (C=O) groups excluding carboxylic acids is 1. The van der Waals surface area contributed by atoms with Crippen molar-refractivity contribution in [1.29, 1.82) is 0 Å². The zero-order valence-corrected chi connectivity index (χ0v) is 11.0. The van der Waals surface area contributed by atoms with Crippen LogP contribution in [0.5, 0.6) is 0 Å². The first-order valence-electron chi connectivity index (χ1n) is 6.24. The molecule has 0 unspecified atom stereocenters. The van der Waals surface area contributed by atoms with Crippen LogP contribution in [0.2, 0.25) is 0 Å². The molecular formula is C15H13N3O2. The van der Waals surface area contributed by atoms with Crippen LogP contribution in [0.1, 0.15) is 21.7 Å². The minimum absolute atomic E-state index is 0.375. The summed E-state index contributed by atoms with van der Waals surface area (Å²) in [4.78, 5) is 15.9. The first kappa shape index (κ1) is 12.3. The molecule has 0 N–H and O–H groups in total. The molecule has 0 saturated heterocycles. The molecule has 0 fully saturated rings. The fraction of sp³-hybridized carbons (Fsp3) is 0.133. The maximum atomic E-state index is 11.5. The van der Waals surface area contributed by atoms with Gasteiger partial charge in [-0.1, -0.05) is 30.3 Å². The predicted octanol–water partition coefficient (Wildman–Crippen LogP) is 2.11. The van der Waals surface area contributed by atoms with E-state index in [0.29, 0.717) is 17.6 Å². The molecule has 20 heavy (non-hydrogen) atoms. The summed E-state index contributed by atoms with van der Waals surface area (Å²) in [6.07, 6.45) is 2.37. The minimum Gasteiger partial charge on any atom is -0.465 e. The van der Waals surface area contributed by atoms with Gasteiger partial charge in [0.05, 0.1) is 12.7 Å². The molecule has 3 aromatic rings. The number of hydrogen-bond donors (Lipinski definition) is 0. The summed E-state index contributed by atoms with van der Waals surface area (Å²) in [5, 5.41) is 4.39. The molecular weight excluding hydrogens is 254 g/mol. The van der Waals surface area contributed by atoms with Gasteiger partial charge >= 0.3 is 5.97 Å². The second-order valence-electron chi connectivity index (χ2n) is 4.40. The second kappa shape index (κ2) is 5.13. The third-order valence-electron chi connectivity index (χ3n) is 3.01. The van der Waals surface area contributed by atoms with Crippen molar-refractivity contribution in [2.45, 2.75) is 6.42 Å². The molecule has 0 amide bonds. The van der Waals surface area contributed by atoms with Gasteiger partial charge in [0.2, 0.25) is 0 Å². The number of pyridine rings is 1. The molecule has 0 aliphatic heterocycles. The van der Waals surface area contributed by atoms with Gasteiger partial charge in [0.25, 0.3) is 0 Å². The van der Waals surface area contributed by atoms with Gasteiger partial charge in [-0.3, -0.25) is 0 Å². The molecule has 0 aliphatic carbocycles. The van der Waals surface area contributed by atoms with Crippen molar-refractivity contribution in [1.82, 2.24) is 14.6 Å². The SMILES string of the molecule is COC(=O)c1ccn2nc(Cc3ccccc3)nc2c1. The van der Waals surface area contributed by atoms with Gasteiger partial charge in [-0.15, -0.1) is 0 Å². The molecule has 3 rings (SSSR count). The molecule has 0 radical (unpaired) electrons. The summed E-state index contributed by atoms with van der Waals surface area (Å²) in [6.45, 7) is 0. The van der Waals surface area contributed by atoms with E-state index >= 15 is 0 Å². The minimum atomic E-state index is -0.375. The number of hydrogen-bond acceptors (Lipinski definition) is 4. The topological polar surface area (TPSA) is 56.5 Å². The summed E-state index contributed by atoms with van der Waals surface area (Å²) < 4.78 is 6.35. The average molecular weight is 267 g/mol. The van der Waals surface area contributed by atoms with Crippen molar-refractivity contribution in [3.05, 3.63) is 65.6 Å². The highest BCUT2D eigenvalue weighted by Crippen LogP contribution is 2.10. The Morgan fingerprint density at radius 1 is 1.25 bits per heavy atom. The van der Waals surface area contributed by atoms with E-state index in [4.69, 9.17) is 4.74 Å². The molecule has 5 nitrogen and oxygen atoms in total. The Hall–Kier alpha value is -2.69. The second-order valence-corrected chi connectivity index (χ2v) is 4.40. The zero-order chi connectivity index (χ0) is 13.9. The van der Waals surface area contributed by atoms with Crippen LogP contribution < -0.4 is 0 Å². The van der Waals surface area contributed by atoms with Crippen molar-refractivity contribution in [3.63, 3.8) is 0 Å². The number of aromatic nitrogens is 3. The van der Waals surface area contributed by atoms with Gasteiger partial charge in [-0.25, -0.2) is 14.3 Å². The first-order chi connectivity index (χ1) is 9.76. The van der Waals surface area contributed by atoms with Crippen LogP contribution in [-0.4, -0.2) is 27.7 Å². The molecule has 2 aromatic heterocycles. The standard InChI is InChI=1S/C15H13N3O2/c1-20-15(19)12-7-8-18-14(10-12)16-13(17-18)9-11-5-3-2-4-6-11/h2-8,10H,9H2,1H3. The molecule has 1 aromatic carbocycles. The highest BCUT2D eigenvalue weighted by molar-refractivity contribution is 5.90. The third kappa shape index (κ3) is 2.38. The van der Waals surface area contributed by atoms with E-state index < -0.39 is 0 Å². The molecule has 0 atom stereocenters. The summed E-state index contributed by atoms with van der Waals surface area (Å²) in [5.74, 6) is 0.346. The number of benzene rings is 1. The Balaban J connectivity index is 1.92. The first-order valence-corrected chi connectivity index (χ1v) is 6.24. The van der Waals surface area contributed by atoms with Crippen molar-refractivity contribution in [2.24, 2.45) is 0 Å². The van der Waals surface area contributed by atoms with E-state index in [1.807, 2.05) is 30.3 Å². The van der Waals surface area contributed by atoms with Crippen molar-refractivity contribution in [3.8, 4) is 0 Å². The number of carbonyl (C=O) groups is 1. The Labute approximate surface area is 115 Å². The van der Waals surface area contributed by atoms with E-state index in [1.165, 1.54) is 7.11 Å². The lowest BCUT2D eigenvalue weighted by Crippen LogP contribution is -2.02. The molecule has 0 saturated carbocycles. The van der Waals surface area contributed by atoms with Crippen LogP contribution in [0, 0.1) is 0 Å². The van der Waals surface area contributed by atoms with Gasteiger partial charge in [0.1, 0.15) is 0 Å². The highest BCUT2D eigenvalue weighted by Gasteiger charge is 2.09. The van der Waals surface area contributed by atoms with Gasteiger partial charge in [-0.2, -0.15) is 5.10 Å². The number of esters is 1. The average Bonchev–Trinajstić information content (AvgIpc) is 2.88. The Morgan fingerprint density at radius 3 is 2.80 bits per heavy atom. The Bertz CT molecular complexity index is 750. The summed E-state index contributed by atoms with van der Waals surface area (Å²) in [7, 11) is 1.36. The van der Waals surface area contributed by atoms with Gasteiger partial charge in [-0.05, 0) is 17.7 Å². The maximum Gasteiger partial charge on any atom is 0.338 e. The quantitative estimate of drug-likeness (QED) is 0.682. The van der Waals surface area contributed by atoms with Crippen LogP contribution in [-0.2, 0) is 11.2 Å². The maximum absolute atomic E-state index is 11.5. The van der Waals surface area contributed by atoms with E-state index in [9.17, 15) is 4.79 Å². The van der Waals surface area contributed by atoms with Crippen LogP contribution in [0.25, 0.3) is 5.65 Å². The van der Waals surface area contributed by atoms with Crippen LogP contribution in [0.3, 0.4) is 0 Å². The highest BCUT2D eigenvalue weighted by atomic mass is 16.5. The van der Waals surface area contributed by atoms with E-state index in [0.717, 1.165) is 11.4 Å². The van der Waals surface area contributed by atoms with Gasteiger partial charge in [0.15, 0.2) is 11.5 Å². The molecule has 100 valence electrons. The van der Waals surface area contributed by atoms with E-state index in [-0.39, 0.29) is 5.97 Å². The normalized spacial score (nSPS) is 10.7. The van der Waals surface area contributed by atoms with Crippen molar-refractivity contribution >= 4 is 11.6 Å². The lowest BCUT2D eigenvalue weighted by atomic mass is 10.1. The molecule has 0 spiro atoms. The Morgan fingerprint density at radius 2 is 2.05 bits per heavy atom. The number of ether oxygens (including phenoxy) is 1. The van der Waals surface area contributed by atoms with Crippen molar-refractivity contribution < 1.29 is 9.53 Å². The summed E-state index contributed by atoms with van der Waals surface area (Å²) in [6, 6.07) is 13.4. The number of rotatable bonds is 3. The van der Waals surface area contributed by atoms with Gasteiger partial charge < -0.3 is 4.74 Å². The molecule has 2 heterocycles. The number of fused-ring (bicyclic) bond motifs is 1. The molecule has 0 bridgehead atoms. The van der Waals surface area contributed by atoms with Crippen LogP contribution in [0.4, 0.5) is 0 Å². The molecule has 0 aliphatic rings. The van der Waals surface area contributed by atoms with Crippen molar-refractivity contribution in [2.75, 3.05) is 7.11 Å². The Kier molecular flexibility index (Phi) is 3.16. The van der Waals surface area contributed by atoms with Gasteiger partial charge in [0, 0.05) is 12.6 Å². The number of nitrogens with zero attached hydrogens (tertiary/aromatic N) is 3. The fourth-order valence-electron chi connectivity index (χ4n) is 2.03. The fourth-order valence-corrected chi connectivity index (χ4v) is 2.03. The smallest absolute Gasteiger partial charge is 0.338 e. The largest absolute Gasteiger partial charge is 0.465 e. The predicted molar refractivity (Wildman–Crippen MR) is 73.6 cm³/mol. The van der Waals surface area contributed by atoms with Crippen LogP contribution in [0.15, 0.2) is 48.7 Å². The number of methoxy groups -OCH3 is 1. The third-order valence-corrected chi connectivity index (χ3v) is 3.01. The lowest BCUT2D eigenvalue weighted by Gasteiger charge is -1.97.